The van der Waals surface area contributed by atoms with Gasteiger partial charge in [-0.2, -0.15) is 0 Å². The molecule has 1 aliphatic heterocycles. The first-order valence-electron chi connectivity index (χ1n) is 8.84. The van der Waals surface area contributed by atoms with Crippen LogP contribution >= 0.6 is 0 Å². The SMILES string of the molecule is C.C[C@H](O)C(C)(C)c1cc(NC(=O)C(C)(C)N(C)C2CCOCC2)on1. The number of aliphatic hydroxyl groups excluding tert-OH is 1. The number of rotatable bonds is 6. The lowest BCUT2D eigenvalue weighted by atomic mass is 9.84. The molecule has 1 fully saturated rings. The highest BCUT2D eigenvalue weighted by atomic mass is 16.5. The molecule has 2 N–H and O–H groups in total. The van der Waals surface area contributed by atoms with Crippen molar-refractivity contribution in [1.29, 1.82) is 0 Å². The van der Waals surface area contributed by atoms with E-state index in [0.29, 0.717) is 17.6 Å². The van der Waals surface area contributed by atoms with E-state index < -0.39 is 17.1 Å². The lowest BCUT2D eigenvalue weighted by Gasteiger charge is -2.41. The van der Waals surface area contributed by atoms with Crippen molar-refractivity contribution in [2.45, 2.75) is 78.0 Å². The van der Waals surface area contributed by atoms with Gasteiger partial charge in [0.2, 0.25) is 11.8 Å². The molecule has 0 spiro atoms. The third-order valence-corrected chi connectivity index (χ3v) is 5.63. The van der Waals surface area contributed by atoms with Crippen LogP contribution in [0.25, 0.3) is 0 Å². The predicted octanol–water partition coefficient (Wildman–Crippen LogP) is 2.80. The van der Waals surface area contributed by atoms with E-state index >= 15 is 0 Å². The molecule has 0 radical (unpaired) electrons. The molecule has 150 valence electrons. The Morgan fingerprint density at radius 3 is 2.46 bits per heavy atom. The molecule has 0 saturated carbocycles. The van der Waals surface area contributed by atoms with Crippen LogP contribution in [-0.2, 0) is 14.9 Å². The van der Waals surface area contributed by atoms with Crippen LogP contribution in [0.3, 0.4) is 0 Å². The number of aromatic nitrogens is 1. The van der Waals surface area contributed by atoms with Gasteiger partial charge in [0.1, 0.15) is 0 Å². The number of carbonyl (C=O) groups excluding carboxylic acids is 1. The molecule has 1 saturated heterocycles. The van der Waals surface area contributed by atoms with Crippen LogP contribution in [0.15, 0.2) is 10.6 Å². The molecule has 0 unspecified atom stereocenters. The molecule has 0 aliphatic carbocycles. The molecule has 0 bridgehead atoms. The zero-order valence-corrected chi connectivity index (χ0v) is 16.1. The van der Waals surface area contributed by atoms with Crippen LogP contribution < -0.4 is 5.32 Å². The Morgan fingerprint density at radius 2 is 1.92 bits per heavy atom. The van der Waals surface area contributed by atoms with E-state index in [2.05, 4.69) is 15.4 Å². The lowest BCUT2D eigenvalue weighted by Crippen LogP contribution is -2.55. The van der Waals surface area contributed by atoms with Gasteiger partial charge in [-0.1, -0.05) is 26.4 Å². The van der Waals surface area contributed by atoms with Crippen molar-refractivity contribution >= 4 is 11.8 Å². The van der Waals surface area contributed by atoms with Crippen LogP contribution in [0.2, 0.25) is 0 Å². The highest BCUT2D eigenvalue weighted by Gasteiger charge is 2.38. The van der Waals surface area contributed by atoms with Gasteiger partial charge in [0.15, 0.2) is 0 Å². The van der Waals surface area contributed by atoms with E-state index in [1.165, 1.54) is 0 Å². The maximum absolute atomic E-state index is 12.8. The van der Waals surface area contributed by atoms with Gasteiger partial charge in [-0.05, 0) is 40.7 Å². The van der Waals surface area contributed by atoms with Crippen LogP contribution in [0.1, 0.15) is 60.6 Å². The number of likely N-dealkylation sites (N-methyl/N-ethyl adjacent to an activating group) is 1. The van der Waals surface area contributed by atoms with E-state index in [0.717, 1.165) is 26.1 Å². The number of nitrogens with one attached hydrogen (secondary N) is 1. The third kappa shape index (κ3) is 4.64. The molecule has 1 aliphatic rings. The molecule has 1 aromatic heterocycles. The number of anilines is 1. The van der Waals surface area contributed by atoms with Gasteiger partial charge in [-0.3, -0.25) is 15.0 Å². The molecule has 2 heterocycles. The highest BCUT2D eigenvalue weighted by Crippen LogP contribution is 2.29. The van der Waals surface area contributed by atoms with Crippen molar-refractivity contribution in [1.82, 2.24) is 10.1 Å². The minimum Gasteiger partial charge on any atom is -0.392 e. The molecule has 1 amide bonds. The van der Waals surface area contributed by atoms with Crippen LogP contribution in [0, 0.1) is 0 Å². The fourth-order valence-corrected chi connectivity index (χ4v) is 2.81. The summed E-state index contributed by atoms with van der Waals surface area (Å²) in [5, 5.41) is 16.7. The van der Waals surface area contributed by atoms with Crippen LogP contribution in [0.5, 0.6) is 0 Å². The van der Waals surface area contributed by atoms with Gasteiger partial charge in [0, 0.05) is 30.7 Å². The summed E-state index contributed by atoms with van der Waals surface area (Å²) in [5.41, 5.74) is -0.649. The number of hydrogen-bond donors (Lipinski definition) is 2. The number of ether oxygens (including phenoxy) is 1. The fourth-order valence-electron chi connectivity index (χ4n) is 2.81. The van der Waals surface area contributed by atoms with E-state index in [9.17, 15) is 9.90 Å². The first-order valence-corrected chi connectivity index (χ1v) is 8.84. The summed E-state index contributed by atoms with van der Waals surface area (Å²) in [6, 6.07) is 1.99. The first-order chi connectivity index (χ1) is 11.6. The predicted molar refractivity (Wildman–Crippen MR) is 102 cm³/mol. The highest BCUT2D eigenvalue weighted by molar-refractivity contribution is 5.96. The molecule has 2 rings (SSSR count). The standard InChI is InChI=1S/C18H31N3O4.CH4/c1-12(22)17(2,3)14-11-15(25-20-14)19-16(23)18(4,5)21(6)13-7-9-24-10-8-13;/h11-13,22H,7-10H2,1-6H3,(H,19,23);1H4/t12-;/m0./s1. The largest absolute Gasteiger partial charge is 0.392 e. The minimum absolute atomic E-state index is 0. The molecule has 1 aromatic rings. The van der Waals surface area contributed by atoms with Crippen LogP contribution in [0.4, 0.5) is 5.88 Å². The van der Waals surface area contributed by atoms with Crippen molar-refractivity contribution in [3.8, 4) is 0 Å². The zero-order valence-electron chi connectivity index (χ0n) is 16.1. The van der Waals surface area contributed by atoms with E-state index in [1.54, 1.807) is 13.0 Å². The monoisotopic (exact) mass is 369 g/mol. The summed E-state index contributed by atoms with van der Waals surface area (Å²) in [5.74, 6) is 0.140. The molecule has 7 heteroatoms. The zero-order chi connectivity index (χ0) is 18.8. The Labute approximate surface area is 157 Å². The van der Waals surface area contributed by atoms with Gasteiger partial charge in [-0.15, -0.1) is 0 Å². The van der Waals surface area contributed by atoms with Gasteiger partial charge < -0.3 is 14.4 Å². The van der Waals surface area contributed by atoms with Crippen LogP contribution in [-0.4, -0.2) is 59.0 Å². The van der Waals surface area contributed by atoms with E-state index in [1.807, 2.05) is 34.7 Å². The molecule has 7 nitrogen and oxygen atoms in total. The maximum atomic E-state index is 12.8. The minimum atomic E-state index is -0.700. The Morgan fingerprint density at radius 1 is 1.35 bits per heavy atom. The molecular formula is C19H35N3O4. The molecule has 1 atom stereocenters. The first kappa shape index (κ1) is 22.6. The second-order valence-electron chi connectivity index (χ2n) is 7.94. The third-order valence-electron chi connectivity index (χ3n) is 5.63. The van der Waals surface area contributed by atoms with Crippen molar-refractivity contribution in [3.63, 3.8) is 0 Å². The Balaban J connectivity index is 0.00000338. The topological polar surface area (TPSA) is 87.8 Å². The van der Waals surface area contributed by atoms with Gasteiger partial charge >= 0.3 is 0 Å². The number of aliphatic hydroxyl groups is 1. The summed E-state index contributed by atoms with van der Waals surface area (Å²) in [6.45, 7) is 10.7. The van der Waals surface area contributed by atoms with Crippen molar-refractivity contribution in [2.75, 3.05) is 25.6 Å². The number of hydrogen-bond acceptors (Lipinski definition) is 6. The lowest BCUT2D eigenvalue weighted by molar-refractivity contribution is -0.128. The Bertz CT molecular complexity index is 589. The summed E-state index contributed by atoms with van der Waals surface area (Å²) in [7, 11) is 1.97. The Kier molecular flexibility index (Phi) is 7.39. The van der Waals surface area contributed by atoms with Gasteiger partial charge in [0.25, 0.3) is 0 Å². The summed E-state index contributed by atoms with van der Waals surface area (Å²) in [4.78, 5) is 14.9. The summed E-state index contributed by atoms with van der Waals surface area (Å²) >= 11 is 0. The number of carbonyl (C=O) groups is 1. The molecule has 26 heavy (non-hydrogen) atoms. The maximum Gasteiger partial charge on any atom is 0.246 e. The van der Waals surface area contributed by atoms with Gasteiger partial charge in [-0.25, -0.2) is 0 Å². The summed E-state index contributed by atoms with van der Waals surface area (Å²) in [6.07, 6.45) is 1.25. The quantitative estimate of drug-likeness (QED) is 0.802. The average Bonchev–Trinajstić information content (AvgIpc) is 3.04. The van der Waals surface area contributed by atoms with Crippen molar-refractivity contribution in [3.05, 3.63) is 11.8 Å². The molecule has 0 aromatic carbocycles. The number of amides is 1. The number of nitrogens with zero attached hydrogens (tertiary/aromatic N) is 2. The van der Waals surface area contributed by atoms with E-state index in [-0.39, 0.29) is 13.3 Å². The molecular weight excluding hydrogens is 334 g/mol. The van der Waals surface area contributed by atoms with Crippen molar-refractivity contribution in [2.24, 2.45) is 0 Å². The summed E-state index contributed by atoms with van der Waals surface area (Å²) < 4.78 is 10.7. The second kappa shape index (κ2) is 8.50. The van der Waals surface area contributed by atoms with Gasteiger partial charge in [0.05, 0.1) is 17.3 Å². The Hall–Kier alpha value is -1.44. The normalized spacial score (nSPS) is 17.7. The second-order valence-corrected chi connectivity index (χ2v) is 7.94. The smallest absolute Gasteiger partial charge is 0.246 e. The van der Waals surface area contributed by atoms with Crippen molar-refractivity contribution < 1.29 is 19.2 Å². The fraction of sp³-hybridized carbons (Fsp3) is 0.789. The van der Waals surface area contributed by atoms with E-state index in [4.69, 9.17) is 9.26 Å². The average molecular weight is 370 g/mol.